The van der Waals surface area contributed by atoms with Gasteiger partial charge in [-0.15, -0.1) is 0 Å². The van der Waals surface area contributed by atoms with Gasteiger partial charge in [0.15, 0.2) is 0 Å². The molecule has 7 heteroatoms. The van der Waals surface area contributed by atoms with E-state index in [1.807, 2.05) is 43.3 Å². The summed E-state index contributed by atoms with van der Waals surface area (Å²) in [6.07, 6.45) is 3.79. The Morgan fingerprint density at radius 1 is 1.11 bits per heavy atom. The number of nitrogens with one attached hydrogen (secondary N) is 2. The molecule has 0 bridgehead atoms. The molecule has 0 aliphatic carbocycles. The standard InChI is InChI=1S/C21H21ClN4O2/c1-2-28-19-8-6-18(7-9-19)26-20(27)16-13-24-21(25-14-16)23-11-10-15-4-3-5-17(22)12-15/h3-9,12-14H,2,10-11H2,1H3,(H,26,27)(H,23,24,25). The van der Waals surface area contributed by atoms with Gasteiger partial charge in [-0.2, -0.15) is 0 Å². The maximum atomic E-state index is 12.3. The van der Waals surface area contributed by atoms with Gasteiger partial charge in [0.2, 0.25) is 5.95 Å². The molecule has 0 fully saturated rings. The summed E-state index contributed by atoms with van der Waals surface area (Å²) in [4.78, 5) is 20.7. The Hall–Kier alpha value is -3.12. The van der Waals surface area contributed by atoms with Crippen molar-refractivity contribution in [2.45, 2.75) is 13.3 Å². The van der Waals surface area contributed by atoms with Crippen LogP contribution in [0.15, 0.2) is 60.9 Å². The molecule has 0 aliphatic rings. The first kappa shape index (κ1) is 19.6. The second-order valence-electron chi connectivity index (χ2n) is 6.01. The zero-order valence-electron chi connectivity index (χ0n) is 15.5. The van der Waals surface area contributed by atoms with Crippen LogP contribution in [0.5, 0.6) is 5.75 Å². The van der Waals surface area contributed by atoms with E-state index in [1.54, 1.807) is 12.1 Å². The summed E-state index contributed by atoms with van der Waals surface area (Å²) in [5.41, 5.74) is 2.19. The number of halogens is 1. The molecular weight excluding hydrogens is 376 g/mol. The van der Waals surface area contributed by atoms with Gasteiger partial charge in [-0.25, -0.2) is 9.97 Å². The van der Waals surface area contributed by atoms with E-state index in [0.29, 0.717) is 30.4 Å². The highest BCUT2D eigenvalue weighted by atomic mass is 35.5. The first-order chi connectivity index (χ1) is 13.6. The predicted octanol–water partition coefficient (Wildman–Crippen LogP) is 4.44. The van der Waals surface area contributed by atoms with Crippen LogP contribution in [0.3, 0.4) is 0 Å². The van der Waals surface area contributed by atoms with E-state index in [0.717, 1.165) is 22.8 Å². The van der Waals surface area contributed by atoms with Crippen molar-refractivity contribution >= 4 is 29.1 Å². The predicted molar refractivity (Wildman–Crippen MR) is 111 cm³/mol. The Labute approximate surface area is 168 Å². The number of anilines is 2. The molecule has 0 unspecified atom stereocenters. The van der Waals surface area contributed by atoms with Gasteiger partial charge in [0.1, 0.15) is 5.75 Å². The van der Waals surface area contributed by atoms with Crippen LogP contribution in [0, 0.1) is 0 Å². The van der Waals surface area contributed by atoms with E-state index >= 15 is 0 Å². The lowest BCUT2D eigenvalue weighted by molar-refractivity contribution is 0.102. The molecule has 1 heterocycles. The Morgan fingerprint density at radius 3 is 2.54 bits per heavy atom. The lowest BCUT2D eigenvalue weighted by Crippen LogP contribution is -2.14. The van der Waals surface area contributed by atoms with Crippen molar-refractivity contribution in [3.8, 4) is 5.75 Å². The van der Waals surface area contributed by atoms with Gasteiger partial charge in [-0.1, -0.05) is 23.7 Å². The summed E-state index contributed by atoms with van der Waals surface area (Å²) in [6.45, 7) is 3.19. The highest BCUT2D eigenvalue weighted by Crippen LogP contribution is 2.16. The van der Waals surface area contributed by atoms with Crippen LogP contribution < -0.4 is 15.4 Å². The average Bonchev–Trinajstić information content (AvgIpc) is 2.70. The number of hydrogen-bond donors (Lipinski definition) is 2. The number of hydrogen-bond acceptors (Lipinski definition) is 5. The number of aromatic nitrogens is 2. The Bertz CT molecular complexity index is 914. The fourth-order valence-corrected chi connectivity index (χ4v) is 2.77. The molecule has 2 aromatic carbocycles. The van der Waals surface area contributed by atoms with Gasteiger partial charge in [-0.3, -0.25) is 4.79 Å². The van der Waals surface area contributed by atoms with E-state index in [-0.39, 0.29) is 5.91 Å². The van der Waals surface area contributed by atoms with Crippen molar-refractivity contribution < 1.29 is 9.53 Å². The molecule has 1 aromatic heterocycles. The SMILES string of the molecule is CCOc1ccc(NC(=O)c2cnc(NCCc3cccc(Cl)c3)nc2)cc1. The molecular formula is C21H21ClN4O2. The minimum Gasteiger partial charge on any atom is -0.494 e. The number of carbonyl (C=O) groups excluding carboxylic acids is 1. The van der Waals surface area contributed by atoms with Crippen molar-refractivity contribution in [2.24, 2.45) is 0 Å². The molecule has 144 valence electrons. The summed E-state index contributed by atoms with van der Waals surface area (Å²) >= 11 is 5.98. The fraction of sp³-hybridized carbons (Fsp3) is 0.190. The zero-order valence-corrected chi connectivity index (χ0v) is 16.2. The Balaban J connectivity index is 1.50. The number of nitrogens with zero attached hydrogens (tertiary/aromatic N) is 2. The van der Waals surface area contributed by atoms with Crippen LogP contribution in [0.1, 0.15) is 22.8 Å². The molecule has 0 radical (unpaired) electrons. The van der Waals surface area contributed by atoms with Crippen LogP contribution in [-0.2, 0) is 6.42 Å². The third-order valence-electron chi connectivity index (χ3n) is 3.92. The first-order valence-corrected chi connectivity index (χ1v) is 9.36. The van der Waals surface area contributed by atoms with Crippen LogP contribution in [-0.4, -0.2) is 29.0 Å². The Kier molecular flexibility index (Phi) is 6.81. The van der Waals surface area contributed by atoms with Gasteiger partial charge in [0.25, 0.3) is 5.91 Å². The van der Waals surface area contributed by atoms with Crippen LogP contribution in [0.4, 0.5) is 11.6 Å². The molecule has 0 spiro atoms. The third-order valence-corrected chi connectivity index (χ3v) is 4.16. The van der Waals surface area contributed by atoms with Gasteiger partial charge >= 0.3 is 0 Å². The van der Waals surface area contributed by atoms with Gasteiger partial charge in [0.05, 0.1) is 12.2 Å². The molecule has 3 rings (SSSR count). The minimum absolute atomic E-state index is 0.269. The van der Waals surface area contributed by atoms with E-state index in [9.17, 15) is 4.79 Å². The smallest absolute Gasteiger partial charge is 0.258 e. The quantitative estimate of drug-likeness (QED) is 0.588. The van der Waals surface area contributed by atoms with Crippen molar-refractivity contribution in [1.82, 2.24) is 9.97 Å². The molecule has 6 nitrogen and oxygen atoms in total. The van der Waals surface area contributed by atoms with E-state index < -0.39 is 0 Å². The first-order valence-electron chi connectivity index (χ1n) is 8.98. The van der Waals surface area contributed by atoms with E-state index in [4.69, 9.17) is 16.3 Å². The summed E-state index contributed by atoms with van der Waals surface area (Å²) in [5.74, 6) is 0.964. The van der Waals surface area contributed by atoms with Gasteiger partial charge < -0.3 is 15.4 Å². The topological polar surface area (TPSA) is 76.1 Å². The highest BCUT2D eigenvalue weighted by Gasteiger charge is 2.08. The lowest BCUT2D eigenvalue weighted by atomic mass is 10.1. The average molecular weight is 397 g/mol. The number of rotatable bonds is 8. The largest absolute Gasteiger partial charge is 0.494 e. The summed E-state index contributed by atoms with van der Waals surface area (Å²) < 4.78 is 5.38. The van der Waals surface area contributed by atoms with E-state index in [2.05, 4.69) is 20.6 Å². The number of carbonyl (C=O) groups is 1. The zero-order chi connectivity index (χ0) is 19.8. The summed E-state index contributed by atoms with van der Waals surface area (Å²) in [6, 6.07) is 14.9. The van der Waals surface area contributed by atoms with Gasteiger partial charge in [-0.05, 0) is 55.3 Å². The molecule has 28 heavy (non-hydrogen) atoms. The second-order valence-corrected chi connectivity index (χ2v) is 6.45. The molecule has 1 amide bonds. The molecule has 2 N–H and O–H groups in total. The molecule has 0 saturated carbocycles. The normalized spacial score (nSPS) is 10.4. The molecule has 0 saturated heterocycles. The second kappa shape index (κ2) is 9.71. The van der Waals surface area contributed by atoms with Gasteiger partial charge in [0, 0.05) is 29.6 Å². The molecule has 3 aromatic rings. The summed E-state index contributed by atoms with van der Waals surface area (Å²) in [5, 5.41) is 6.66. The van der Waals surface area contributed by atoms with Crippen molar-refractivity contribution in [3.05, 3.63) is 77.1 Å². The minimum atomic E-state index is -0.269. The fourth-order valence-electron chi connectivity index (χ4n) is 2.55. The molecule has 0 aliphatic heterocycles. The molecule has 0 atom stereocenters. The van der Waals surface area contributed by atoms with Crippen LogP contribution in [0.25, 0.3) is 0 Å². The van der Waals surface area contributed by atoms with Crippen molar-refractivity contribution in [3.63, 3.8) is 0 Å². The monoisotopic (exact) mass is 396 g/mol. The number of benzene rings is 2. The number of amides is 1. The third kappa shape index (κ3) is 5.69. The van der Waals surface area contributed by atoms with Crippen molar-refractivity contribution in [2.75, 3.05) is 23.8 Å². The summed E-state index contributed by atoms with van der Waals surface area (Å²) in [7, 11) is 0. The van der Waals surface area contributed by atoms with Crippen LogP contribution in [0.2, 0.25) is 5.02 Å². The van der Waals surface area contributed by atoms with Crippen LogP contribution >= 0.6 is 11.6 Å². The lowest BCUT2D eigenvalue weighted by Gasteiger charge is -2.08. The maximum Gasteiger partial charge on any atom is 0.258 e. The highest BCUT2D eigenvalue weighted by molar-refractivity contribution is 6.30. The van der Waals surface area contributed by atoms with E-state index in [1.165, 1.54) is 12.4 Å². The van der Waals surface area contributed by atoms with Crippen molar-refractivity contribution in [1.29, 1.82) is 0 Å². The maximum absolute atomic E-state index is 12.3. The Morgan fingerprint density at radius 2 is 1.86 bits per heavy atom. The number of ether oxygens (including phenoxy) is 1.